The summed E-state index contributed by atoms with van der Waals surface area (Å²) in [7, 11) is 1.63. The number of thiocarbonyl (C=S) groups is 1. The van der Waals surface area contributed by atoms with Crippen molar-refractivity contribution in [2.45, 2.75) is 20.3 Å². The number of nitrogens with two attached hydrogens (primary N) is 1. The summed E-state index contributed by atoms with van der Waals surface area (Å²) >= 11 is 4.89. The van der Waals surface area contributed by atoms with Gasteiger partial charge >= 0.3 is 0 Å². The molecule has 1 aromatic carbocycles. The van der Waals surface area contributed by atoms with E-state index in [1.54, 1.807) is 21.0 Å². The van der Waals surface area contributed by atoms with Crippen LogP contribution in [0.3, 0.4) is 0 Å². The van der Waals surface area contributed by atoms with Crippen LogP contribution in [0, 0.1) is 5.41 Å². The largest absolute Gasteiger partial charge is 0.496 e. The lowest BCUT2D eigenvalue weighted by Gasteiger charge is -2.22. The summed E-state index contributed by atoms with van der Waals surface area (Å²) in [5, 5.41) is 2.84. The highest BCUT2D eigenvalue weighted by Gasteiger charge is 2.30. The number of methoxy groups -OCH3 is 1. The molecule has 3 N–H and O–H groups in total. The van der Waals surface area contributed by atoms with E-state index in [4.69, 9.17) is 22.7 Å². The SMILES string of the molecule is COc1ccccc1CCNC(=O)C(C)(C)C(N)=S. The second-order valence-electron chi connectivity index (χ2n) is 4.81. The summed E-state index contributed by atoms with van der Waals surface area (Å²) in [6, 6.07) is 7.73. The van der Waals surface area contributed by atoms with Crippen molar-refractivity contribution in [3.05, 3.63) is 29.8 Å². The average Bonchev–Trinajstić information content (AvgIpc) is 2.38. The molecule has 1 rings (SSSR count). The van der Waals surface area contributed by atoms with Gasteiger partial charge in [0, 0.05) is 6.54 Å². The number of para-hydroxylation sites is 1. The molecular formula is C14H20N2O2S. The van der Waals surface area contributed by atoms with E-state index in [9.17, 15) is 4.79 Å². The van der Waals surface area contributed by atoms with Gasteiger partial charge in [-0.1, -0.05) is 30.4 Å². The Labute approximate surface area is 119 Å². The van der Waals surface area contributed by atoms with Crippen molar-refractivity contribution in [1.29, 1.82) is 0 Å². The van der Waals surface area contributed by atoms with E-state index in [1.807, 2.05) is 24.3 Å². The molecule has 0 aliphatic carbocycles. The highest BCUT2D eigenvalue weighted by atomic mass is 32.1. The number of amides is 1. The maximum absolute atomic E-state index is 11.9. The first kappa shape index (κ1) is 15.4. The quantitative estimate of drug-likeness (QED) is 0.778. The smallest absolute Gasteiger partial charge is 0.232 e. The van der Waals surface area contributed by atoms with Gasteiger partial charge in [0.2, 0.25) is 5.91 Å². The van der Waals surface area contributed by atoms with Crippen LogP contribution < -0.4 is 15.8 Å². The van der Waals surface area contributed by atoms with Crippen LogP contribution in [-0.4, -0.2) is 24.6 Å². The zero-order valence-corrected chi connectivity index (χ0v) is 12.3. The van der Waals surface area contributed by atoms with E-state index >= 15 is 0 Å². The van der Waals surface area contributed by atoms with Gasteiger partial charge in [0.15, 0.2) is 0 Å². The molecule has 104 valence electrons. The zero-order valence-electron chi connectivity index (χ0n) is 11.5. The minimum atomic E-state index is -0.823. The molecule has 4 nitrogen and oxygen atoms in total. The van der Waals surface area contributed by atoms with Crippen molar-refractivity contribution in [2.24, 2.45) is 11.1 Å². The van der Waals surface area contributed by atoms with Gasteiger partial charge in [0.1, 0.15) is 5.75 Å². The standard InChI is InChI=1S/C14H20N2O2S/c1-14(2,12(15)19)13(17)16-9-8-10-6-4-5-7-11(10)18-3/h4-7H,8-9H2,1-3H3,(H2,15,19)(H,16,17). The number of nitrogens with one attached hydrogen (secondary N) is 1. The van der Waals surface area contributed by atoms with Crippen molar-refractivity contribution < 1.29 is 9.53 Å². The van der Waals surface area contributed by atoms with Crippen LogP contribution in [0.1, 0.15) is 19.4 Å². The van der Waals surface area contributed by atoms with Gasteiger partial charge in [-0.05, 0) is 31.9 Å². The first-order chi connectivity index (χ1) is 8.89. The highest BCUT2D eigenvalue weighted by Crippen LogP contribution is 2.18. The number of rotatable bonds is 6. The minimum absolute atomic E-state index is 0.158. The van der Waals surface area contributed by atoms with Crippen molar-refractivity contribution in [3.8, 4) is 5.75 Å². The fourth-order valence-electron chi connectivity index (χ4n) is 1.55. The lowest BCUT2D eigenvalue weighted by molar-refractivity contribution is -0.126. The summed E-state index contributed by atoms with van der Waals surface area (Å²) in [5.41, 5.74) is 5.78. The predicted molar refractivity (Wildman–Crippen MR) is 80.3 cm³/mol. The molecule has 5 heteroatoms. The zero-order chi connectivity index (χ0) is 14.5. The Morgan fingerprint density at radius 1 is 1.42 bits per heavy atom. The summed E-state index contributed by atoms with van der Waals surface area (Å²) < 4.78 is 5.25. The van der Waals surface area contributed by atoms with Crippen LogP contribution in [0.4, 0.5) is 0 Å². The molecule has 0 aliphatic heterocycles. The third kappa shape index (κ3) is 3.92. The monoisotopic (exact) mass is 280 g/mol. The summed E-state index contributed by atoms with van der Waals surface area (Å²) in [5.74, 6) is 0.667. The van der Waals surface area contributed by atoms with Crippen LogP contribution in [0.25, 0.3) is 0 Å². The Hall–Kier alpha value is -1.62. The van der Waals surface area contributed by atoms with Crippen molar-refractivity contribution in [1.82, 2.24) is 5.32 Å². The van der Waals surface area contributed by atoms with E-state index in [2.05, 4.69) is 5.32 Å². The van der Waals surface area contributed by atoms with Gasteiger partial charge in [-0.15, -0.1) is 0 Å². The Morgan fingerprint density at radius 2 is 2.05 bits per heavy atom. The molecule has 0 saturated heterocycles. The molecule has 0 spiro atoms. The Morgan fingerprint density at radius 3 is 2.63 bits per heavy atom. The summed E-state index contributed by atoms with van der Waals surface area (Å²) in [6.07, 6.45) is 0.698. The molecule has 0 fully saturated rings. The van der Waals surface area contributed by atoms with E-state index in [0.29, 0.717) is 13.0 Å². The number of ether oxygens (including phenoxy) is 1. The topological polar surface area (TPSA) is 64.3 Å². The predicted octanol–water partition coefficient (Wildman–Crippen LogP) is 1.67. The molecular weight excluding hydrogens is 260 g/mol. The Balaban J connectivity index is 2.55. The van der Waals surface area contributed by atoms with Gasteiger partial charge in [-0.25, -0.2) is 0 Å². The van der Waals surface area contributed by atoms with E-state index < -0.39 is 5.41 Å². The lowest BCUT2D eigenvalue weighted by atomic mass is 9.92. The van der Waals surface area contributed by atoms with Crippen molar-refractivity contribution in [3.63, 3.8) is 0 Å². The molecule has 0 unspecified atom stereocenters. The molecule has 1 amide bonds. The van der Waals surface area contributed by atoms with Crippen LogP contribution in [-0.2, 0) is 11.2 Å². The number of benzene rings is 1. The maximum Gasteiger partial charge on any atom is 0.232 e. The van der Waals surface area contributed by atoms with Crippen LogP contribution in [0.15, 0.2) is 24.3 Å². The third-order valence-corrected chi connectivity index (χ3v) is 3.57. The third-order valence-electron chi connectivity index (χ3n) is 3.06. The average molecular weight is 280 g/mol. The highest BCUT2D eigenvalue weighted by molar-refractivity contribution is 7.80. The Kier molecular flexibility index (Phi) is 5.30. The second kappa shape index (κ2) is 6.52. The van der Waals surface area contributed by atoms with Gasteiger partial charge in [-0.3, -0.25) is 4.79 Å². The van der Waals surface area contributed by atoms with Crippen molar-refractivity contribution >= 4 is 23.1 Å². The number of hydrogen-bond acceptors (Lipinski definition) is 3. The summed E-state index contributed by atoms with van der Waals surface area (Å²) in [6.45, 7) is 3.95. The fraction of sp³-hybridized carbons (Fsp3) is 0.429. The molecule has 0 heterocycles. The lowest BCUT2D eigenvalue weighted by Crippen LogP contribution is -2.45. The molecule has 0 bridgehead atoms. The van der Waals surface area contributed by atoms with E-state index in [1.165, 1.54) is 0 Å². The first-order valence-corrected chi connectivity index (χ1v) is 6.50. The van der Waals surface area contributed by atoms with Gasteiger partial charge < -0.3 is 15.8 Å². The molecule has 0 aliphatic rings. The maximum atomic E-state index is 11.9. The molecule has 1 aromatic rings. The van der Waals surface area contributed by atoms with Crippen LogP contribution >= 0.6 is 12.2 Å². The van der Waals surface area contributed by atoms with Gasteiger partial charge in [-0.2, -0.15) is 0 Å². The molecule has 0 aromatic heterocycles. The van der Waals surface area contributed by atoms with E-state index in [-0.39, 0.29) is 10.9 Å². The summed E-state index contributed by atoms with van der Waals surface area (Å²) in [4.78, 5) is 12.1. The van der Waals surface area contributed by atoms with Crippen LogP contribution in [0.2, 0.25) is 0 Å². The van der Waals surface area contributed by atoms with Crippen LogP contribution in [0.5, 0.6) is 5.75 Å². The number of carbonyl (C=O) groups is 1. The normalized spacial score (nSPS) is 10.9. The fourth-order valence-corrected chi connectivity index (χ4v) is 1.65. The van der Waals surface area contributed by atoms with E-state index in [0.717, 1.165) is 11.3 Å². The molecule has 0 saturated carbocycles. The molecule has 0 radical (unpaired) electrons. The number of carbonyl (C=O) groups excluding carboxylic acids is 1. The first-order valence-electron chi connectivity index (χ1n) is 6.09. The van der Waals surface area contributed by atoms with Gasteiger partial charge in [0.25, 0.3) is 0 Å². The van der Waals surface area contributed by atoms with Crippen molar-refractivity contribution in [2.75, 3.05) is 13.7 Å². The molecule has 19 heavy (non-hydrogen) atoms. The minimum Gasteiger partial charge on any atom is -0.496 e. The van der Waals surface area contributed by atoms with Gasteiger partial charge in [0.05, 0.1) is 17.5 Å². The Bertz CT molecular complexity index is 472. The number of hydrogen-bond donors (Lipinski definition) is 2. The second-order valence-corrected chi connectivity index (χ2v) is 5.25. The molecule has 0 atom stereocenters.